The van der Waals surface area contributed by atoms with Crippen molar-refractivity contribution in [1.29, 1.82) is 0 Å². The Balaban J connectivity index is 3.05. The molecule has 1 aromatic carbocycles. The van der Waals surface area contributed by atoms with Crippen molar-refractivity contribution in [1.82, 2.24) is 5.32 Å². The molecule has 0 saturated heterocycles. The minimum atomic E-state index is 0.348. The van der Waals surface area contributed by atoms with Gasteiger partial charge in [-0.1, -0.05) is 28.1 Å². The molecule has 0 aliphatic carbocycles. The second-order valence-corrected chi connectivity index (χ2v) is 5.61. The lowest BCUT2D eigenvalue weighted by Crippen LogP contribution is -2.30. The molecular formula is C15H23BrN2. The van der Waals surface area contributed by atoms with E-state index in [4.69, 9.17) is 0 Å². The van der Waals surface area contributed by atoms with Crippen LogP contribution in [0.5, 0.6) is 0 Å². The first-order chi connectivity index (χ1) is 8.51. The quantitative estimate of drug-likeness (QED) is 0.795. The summed E-state index contributed by atoms with van der Waals surface area (Å²) in [6.45, 7) is 11.2. The highest BCUT2D eigenvalue weighted by molar-refractivity contribution is 9.10. The summed E-state index contributed by atoms with van der Waals surface area (Å²) in [5, 5.41) is 3.26. The van der Waals surface area contributed by atoms with E-state index in [1.54, 1.807) is 0 Å². The van der Waals surface area contributed by atoms with Crippen LogP contribution in [0.2, 0.25) is 0 Å². The normalized spacial score (nSPS) is 12.6. The summed E-state index contributed by atoms with van der Waals surface area (Å²) in [6, 6.07) is 7.35. The zero-order valence-corrected chi connectivity index (χ0v) is 13.3. The van der Waals surface area contributed by atoms with Crippen LogP contribution in [0, 0.1) is 0 Å². The second kappa shape index (κ2) is 6.95. The summed E-state index contributed by atoms with van der Waals surface area (Å²) in [7, 11) is 1.98. The predicted molar refractivity (Wildman–Crippen MR) is 84.3 cm³/mol. The molecule has 0 bridgehead atoms. The SMILES string of the molecule is C=CCN(c1ccc(C(C)NC)c(Br)c1)C(C)C. The number of hydrogen-bond donors (Lipinski definition) is 1. The number of rotatable bonds is 6. The highest BCUT2D eigenvalue weighted by Gasteiger charge is 2.12. The summed E-state index contributed by atoms with van der Waals surface area (Å²) in [4.78, 5) is 2.32. The van der Waals surface area contributed by atoms with Crippen molar-refractivity contribution in [3.05, 3.63) is 40.9 Å². The van der Waals surface area contributed by atoms with Gasteiger partial charge in [-0.05, 0) is 45.5 Å². The van der Waals surface area contributed by atoms with E-state index in [1.165, 1.54) is 11.3 Å². The van der Waals surface area contributed by atoms with Crippen LogP contribution in [0.15, 0.2) is 35.3 Å². The Bertz CT molecular complexity index is 401. The van der Waals surface area contributed by atoms with Crippen LogP contribution in [0.1, 0.15) is 32.4 Å². The molecule has 18 heavy (non-hydrogen) atoms. The van der Waals surface area contributed by atoms with Crippen molar-refractivity contribution in [2.24, 2.45) is 0 Å². The van der Waals surface area contributed by atoms with Crippen molar-refractivity contribution in [2.45, 2.75) is 32.9 Å². The van der Waals surface area contributed by atoms with Crippen LogP contribution in [0.25, 0.3) is 0 Å². The molecule has 2 nitrogen and oxygen atoms in total. The average molecular weight is 311 g/mol. The van der Waals surface area contributed by atoms with Gasteiger partial charge in [0.2, 0.25) is 0 Å². The fourth-order valence-corrected chi connectivity index (χ4v) is 2.66. The first-order valence-electron chi connectivity index (χ1n) is 6.35. The van der Waals surface area contributed by atoms with Crippen LogP contribution < -0.4 is 10.2 Å². The molecule has 0 amide bonds. The van der Waals surface area contributed by atoms with Gasteiger partial charge in [0.05, 0.1) is 0 Å². The van der Waals surface area contributed by atoms with Crippen molar-refractivity contribution >= 4 is 21.6 Å². The third kappa shape index (κ3) is 3.59. The van der Waals surface area contributed by atoms with Gasteiger partial charge in [0, 0.05) is 28.8 Å². The first kappa shape index (κ1) is 15.3. The number of hydrogen-bond acceptors (Lipinski definition) is 2. The van der Waals surface area contributed by atoms with Gasteiger partial charge in [0.1, 0.15) is 0 Å². The maximum Gasteiger partial charge on any atom is 0.0382 e. The fourth-order valence-electron chi connectivity index (χ4n) is 1.95. The predicted octanol–water partition coefficient (Wildman–Crippen LogP) is 4.13. The van der Waals surface area contributed by atoms with Crippen LogP contribution in [-0.4, -0.2) is 19.6 Å². The van der Waals surface area contributed by atoms with E-state index in [1.807, 2.05) is 13.1 Å². The standard InChI is InChI=1S/C15H23BrN2/c1-6-9-18(11(2)3)13-7-8-14(12(4)17-5)15(16)10-13/h6-8,10-12,17H,1,9H2,2-5H3. The second-order valence-electron chi connectivity index (χ2n) is 4.75. The third-order valence-corrected chi connectivity index (χ3v) is 3.85. The van der Waals surface area contributed by atoms with E-state index in [0.717, 1.165) is 11.0 Å². The van der Waals surface area contributed by atoms with Crippen molar-refractivity contribution in [3.8, 4) is 0 Å². The molecule has 0 heterocycles. The first-order valence-corrected chi connectivity index (χ1v) is 7.14. The number of anilines is 1. The zero-order chi connectivity index (χ0) is 13.7. The number of nitrogens with one attached hydrogen (secondary N) is 1. The molecule has 0 fully saturated rings. The van der Waals surface area contributed by atoms with Gasteiger partial charge in [-0.3, -0.25) is 0 Å². The molecule has 0 aromatic heterocycles. The maximum atomic E-state index is 3.83. The molecule has 0 saturated carbocycles. The van der Waals surface area contributed by atoms with E-state index in [9.17, 15) is 0 Å². The van der Waals surface area contributed by atoms with Crippen molar-refractivity contribution in [2.75, 3.05) is 18.5 Å². The molecular weight excluding hydrogens is 288 g/mol. The molecule has 1 rings (SSSR count). The topological polar surface area (TPSA) is 15.3 Å². The Hall–Kier alpha value is -0.800. The van der Waals surface area contributed by atoms with Gasteiger partial charge in [-0.15, -0.1) is 6.58 Å². The monoisotopic (exact) mass is 310 g/mol. The van der Waals surface area contributed by atoms with E-state index in [0.29, 0.717) is 12.1 Å². The summed E-state index contributed by atoms with van der Waals surface area (Å²) >= 11 is 3.66. The average Bonchev–Trinajstić information content (AvgIpc) is 2.34. The Labute approximate surface area is 119 Å². The molecule has 1 atom stereocenters. The molecule has 1 unspecified atom stereocenters. The fraction of sp³-hybridized carbons (Fsp3) is 0.467. The Morgan fingerprint density at radius 1 is 1.39 bits per heavy atom. The van der Waals surface area contributed by atoms with E-state index in [2.05, 4.69) is 71.7 Å². The van der Waals surface area contributed by atoms with E-state index in [-0.39, 0.29) is 0 Å². The van der Waals surface area contributed by atoms with Crippen LogP contribution in [0.3, 0.4) is 0 Å². The van der Waals surface area contributed by atoms with Gasteiger partial charge in [0.15, 0.2) is 0 Å². The van der Waals surface area contributed by atoms with Crippen LogP contribution in [-0.2, 0) is 0 Å². The molecule has 100 valence electrons. The van der Waals surface area contributed by atoms with Gasteiger partial charge in [-0.2, -0.15) is 0 Å². The smallest absolute Gasteiger partial charge is 0.0382 e. The lowest BCUT2D eigenvalue weighted by atomic mass is 10.1. The van der Waals surface area contributed by atoms with Gasteiger partial charge >= 0.3 is 0 Å². The minimum absolute atomic E-state index is 0.348. The lowest BCUT2D eigenvalue weighted by molar-refractivity contribution is 0.649. The summed E-state index contributed by atoms with van der Waals surface area (Å²) in [6.07, 6.45) is 1.94. The van der Waals surface area contributed by atoms with Crippen molar-refractivity contribution in [3.63, 3.8) is 0 Å². The molecule has 1 N–H and O–H groups in total. The summed E-state index contributed by atoms with van der Waals surface area (Å²) in [5.74, 6) is 0. The van der Waals surface area contributed by atoms with Gasteiger partial charge in [-0.25, -0.2) is 0 Å². The Morgan fingerprint density at radius 2 is 2.06 bits per heavy atom. The molecule has 3 heteroatoms. The van der Waals surface area contributed by atoms with Gasteiger partial charge in [0.25, 0.3) is 0 Å². The molecule has 0 spiro atoms. The maximum absolute atomic E-state index is 3.83. The Kier molecular flexibility index (Phi) is 5.89. The molecule has 0 aliphatic heterocycles. The highest BCUT2D eigenvalue weighted by atomic mass is 79.9. The lowest BCUT2D eigenvalue weighted by Gasteiger charge is -2.28. The van der Waals surface area contributed by atoms with Crippen LogP contribution >= 0.6 is 15.9 Å². The third-order valence-electron chi connectivity index (χ3n) is 3.16. The summed E-state index contributed by atoms with van der Waals surface area (Å²) in [5.41, 5.74) is 2.51. The summed E-state index contributed by atoms with van der Waals surface area (Å²) < 4.78 is 1.15. The molecule has 0 aliphatic rings. The van der Waals surface area contributed by atoms with E-state index < -0.39 is 0 Å². The van der Waals surface area contributed by atoms with E-state index >= 15 is 0 Å². The molecule has 1 aromatic rings. The number of halogens is 1. The van der Waals surface area contributed by atoms with Crippen molar-refractivity contribution < 1.29 is 0 Å². The zero-order valence-electron chi connectivity index (χ0n) is 11.7. The largest absolute Gasteiger partial charge is 0.365 e. The van der Waals surface area contributed by atoms with Crippen LogP contribution in [0.4, 0.5) is 5.69 Å². The Morgan fingerprint density at radius 3 is 2.50 bits per heavy atom. The van der Waals surface area contributed by atoms with Gasteiger partial charge < -0.3 is 10.2 Å². The number of nitrogens with zero attached hydrogens (tertiary/aromatic N) is 1. The number of benzene rings is 1. The highest BCUT2D eigenvalue weighted by Crippen LogP contribution is 2.29. The minimum Gasteiger partial charge on any atom is -0.365 e. The molecule has 0 radical (unpaired) electrons.